The van der Waals surface area contributed by atoms with Crippen LogP contribution in [0.25, 0.3) is 32.9 Å². The zero-order valence-electron chi connectivity index (χ0n) is 26.3. The van der Waals surface area contributed by atoms with Crippen molar-refractivity contribution < 1.29 is 5.01 Å². The molecule has 226 valence electrons. The Hall–Kier alpha value is -6.03. The third kappa shape index (κ3) is 3.71. The van der Waals surface area contributed by atoms with Crippen LogP contribution in [0.1, 0.15) is 39.5 Å². The summed E-state index contributed by atoms with van der Waals surface area (Å²) in [5, 5.41) is 3.73. The Morgan fingerprint density at radius 1 is 0.479 bits per heavy atom. The van der Waals surface area contributed by atoms with E-state index >= 15 is 0 Å². The molecule has 0 fully saturated rings. The predicted molar refractivity (Wildman–Crippen MR) is 195 cm³/mol. The second-order valence-electron chi connectivity index (χ2n) is 12.8. The summed E-state index contributed by atoms with van der Waals surface area (Å²) in [5.41, 5.74) is 12.1. The first-order valence-electron chi connectivity index (χ1n) is 16.7. The molecule has 2 atom stereocenters. The molecule has 3 heteroatoms. The molecule has 2 unspecified atom stereocenters. The van der Waals surface area contributed by atoms with Gasteiger partial charge in [0.2, 0.25) is 6.17 Å². The minimum absolute atomic E-state index is 0.0705. The van der Waals surface area contributed by atoms with E-state index < -0.39 is 5.41 Å². The van der Waals surface area contributed by atoms with Crippen LogP contribution in [0.2, 0.25) is 0 Å². The summed E-state index contributed by atoms with van der Waals surface area (Å²) in [5.74, 6) is 1.05. The van der Waals surface area contributed by atoms with E-state index in [4.69, 9.17) is 4.99 Å². The molecule has 1 aliphatic carbocycles. The topological polar surface area (TPSA) is 21.7 Å². The van der Waals surface area contributed by atoms with E-state index in [1.807, 2.05) is 0 Å². The molecule has 7 aromatic carbocycles. The minimum atomic E-state index is -0.469. The molecule has 1 N–H and O–H groups in total. The van der Waals surface area contributed by atoms with Crippen molar-refractivity contribution in [3.8, 4) is 11.1 Å². The lowest BCUT2D eigenvalue weighted by atomic mass is 9.67. The Bertz CT molecular complexity index is 2460. The van der Waals surface area contributed by atoms with Gasteiger partial charge in [-0.1, -0.05) is 152 Å². The maximum absolute atomic E-state index is 5.30. The summed E-state index contributed by atoms with van der Waals surface area (Å²) < 4.78 is 2.52. The third-order valence-electron chi connectivity index (χ3n) is 10.4. The predicted octanol–water partition coefficient (Wildman–Crippen LogP) is 8.96. The monoisotopic (exact) mass is 614 g/mol. The highest BCUT2D eigenvalue weighted by molar-refractivity contribution is 6.11. The first kappa shape index (κ1) is 27.1. The molecule has 8 aromatic rings. The minimum Gasteiger partial charge on any atom is -0.184 e. The SMILES string of the molecule is c1ccc(C2=NC(c3ccccc3)[NH+]2n2c3ccccc3c3cc4c(cc32)C(c2ccccc2)(c2ccccc2)c2ccccc2-4)cc1. The van der Waals surface area contributed by atoms with Gasteiger partial charge in [-0.25, -0.2) is 0 Å². The Balaban J connectivity index is 1.32. The number of rotatable bonds is 5. The average molecular weight is 615 g/mol. The fourth-order valence-corrected chi connectivity index (χ4v) is 8.40. The maximum atomic E-state index is 5.30. The highest BCUT2D eigenvalue weighted by Gasteiger charge is 2.48. The Kier molecular flexibility index (Phi) is 5.93. The fourth-order valence-electron chi connectivity index (χ4n) is 8.40. The van der Waals surface area contributed by atoms with Gasteiger partial charge in [-0.2, -0.15) is 14.7 Å². The zero-order valence-corrected chi connectivity index (χ0v) is 26.3. The van der Waals surface area contributed by atoms with Crippen LogP contribution in [0.3, 0.4) is 0 Å². The normalized spacial score (nSPS) is 17.5. The van der Waals surface area contributed by atoms with Crippen LogP contribution in [-0.4, -0.2) is 10.5 Å². The van der Waals surface area contributed by atoms with E-state index in [-0.39, 0.29) is 6.17 Å². The van der Waals surface area contributed by atoms with Crippen molar-refractivity contribution in [3.63, 3.8) is 0 Å². The molecule has 2 aliphatic rings. The second-order valence-corrected chi connectivity index (χ2v) is 12.8. The molecular formula is C45H32N3+. The van der Waals surface area contributed by atoms with Crippen LogP contribution in [0, 0.1) is 0 Å². The fraction of sp³-hybridized carbons (Fsp3) is 0.0444. The molecule has 3 nitrogen and oxygen atoms in total. The molecule has 0 saturated carbocycles. The Morgan fingerprint density at radius 3 is 1.77 bits per heavy atom. The van der Waals surface area contributed by atoms with Gasteiger partial charge in [0.25, 0.3) is 5.84 Å². The van der Waals surface area contributed by atoms with Crippen LogP contribution in [0.15, 0.2) is 187 Å². The molecule has 0 radical (unpaired) electrons. The van der Waals surface area contributed by atoms with E-state index in [2.05, 4.69) is 187 Å². The van der Waals surface area contributed by atoms with Gasteiger partial charge < -0.3 is 0 Å². The van der Waals surface area contributed by atoms with Gasteiger partial charge in [0.05, 0.1) is 11.0 Å². The van der Waals surface area contributed by atoms with Crippen LogP contribution in [0.5, 0.6) is 0 Å². The summed E-state index contributed by atoms with van der Waals surface area (Å²) in [6.45, 7) is 0. The van der Waals surface area contributed by atoms with Crippen molar-refractivity contribution in [2.45, 2.75) is 11.6 Å². The van der Waals surface area contributed by atoms with E-state index in [1.165, 1.54) is 65.8 Å². The molecule has 1 aliphatic heterocycles. The number of benzene rings is 7. The zero-order chi connectivity index (χ0) is 31.7. The van der Waals surface area contributed by atoms with Crippen molar-refractivity contribution in [1.82, 2.24) is 4.68 Å². The number of amidine groups is 1. The number of hydrogen-bond donors (Lipinski definition) is 1. The van der Waals surface area contributed by atoms with Gasteiger partial charge in [-0.3, -0.25) is 0 Å². The van der Waals surface area contributed by atoms with Crippen LogP contribution < -0.4 is 5.01 Å². The molecule has 0 bridgehead atoms. The number of para-hydroxylation sites is 1. The quantitative estimate of drug-likeness (QED) is 0.200. The lowest BCUT2D eigenvalue weighted by Gasteiger charge is -2.36. The largest absolute Gasteiger partial charge is 0.261 e. The first-order valence-corrected chi connectivity index (χ1v) is 16.7. The van der Waals surface area contributed by atoms with Crippen molar-refractivity contribution in [2.75, 3.05) is 0 Å². The molecular weight excluding hydrogens is 583 g/mol. The number of nitrogens with one attached hydrogen (secondary N) is 1. The Labute approximate surface area is 279 Å². The number of hydrogen-bond acceptors (Lipinski definition) is 1. The molecule has 0 spiro atoms. The lowest BCUT2D eigenvalue weighted by Crippen LogP contribution is -3.21. The summed E-state index contributed by atoms with van der Waals surface area (Å²) >= 11 is 0. The van der Waals surface area contributed by atoms with Gasteiger partial charge >= 0.3 is 0 Å². The summed E-state index contributed by atoms with van der Waals surface area (Å²) in [7, 11) is 0. The van der Waals surface area contributed by atoms with Crippen LogP contribution >= 0.6 is 0 Å². The lowest BCUT2D eigenvalue weighted by molar-refractivity contribution is -0.901. The molecule has 10 rings (SSSR count). The molecule has 48 heavy (non-hydrogen) atoms. The molecule has 0 amide bonds. The maximum Gasteiger partial charge on any atom is 0.261 e. The van der Waals surface area contributed by atoms with Crippen molar-refractivity contribution >= 4 is 27.6 Å². The third-order valence-corrected chi connectivity index (χ3v) is 10.4. The van der Waals surface area contributed by atoms with E-state index in [1.54, 1.807) is 0 Å². The summed E-state index contributed by atoms with van der Waals surface area (Å²) in [6.07, 6.45) is -0.0705. The number of nitrogens with zero attached hydrogens (tertiary/aromatic N) is 2. The highest BCUT2D eigenvalue weighted by Crippen LogP contribution is 2.57. The standard InChI is InChI=1S/C45H31N3/c1-5-17-31(18-6-1)43-46-44(32-19-7-2-8-20-32)48(43)47-41-28-16-14-26-36(41)38-29-37-35-25-13-15-27-39(35)45(40(37)30-42(38)47,33-21-9-3-10-22-33)34-23-11-4-12-24-34/h1-30,43H/p+1. The highest BCUT2D eigenvalue weighted by atomic mass is 15.7. The molecule has 1 aromatic heterocycles. The number of quaternary nitrogens is 1. The van der Waals surface area contributed by atoms with Gasteiger partial charge in [0, 0.05) is 16.3 Å². The summed E-state index contributed by atoms with van der Waals surface area (Å²) in [4.78, 5) is 5.30. The van der Waals surface area contributed by atoms with Crippen molar-refractivity contribution in [3.05, 3.63) is 215 Å². The van der Waals surface area contributed by atoms with Crippen molar-refractivity contribution in [2.24, 2.45) is 4.99 Å². The number of fused-ring (bicyclic) bond motifs is 6. The number of aliphatic imine (C=N–C) groups is 1. The van der Waals surface area contributed by atoms with Crippen LogP contribution in [-0.2, 0) is 5.41 Å². The first-order chi connectivity index (χ1) is 23.8. The summed E-state index contributed by atoms with van der Waals surface area (Å²) in [6, 6.07) is 66.3. The van der Waals surface area contributed by atoms with Gasteiger partial charge in [-0.05, 0) is 63.7 Å². The van der Waals surface area contributed by atoms with E-state index in [0.717, 1.165) is 11.4 Å². The van der Waals surface area contributed by atoms with Gasteiger partial charge in [0.1, 0.15) is 11.0 Å². The van der Waals surface area contributed by atoms with Crippen molar-refractivity contribution in [1.29, 1.82) is 0 Å². The Morgan fingerprint density at radius 2 is 1.06 bits per heavy atom. The van der Waals surface area contributed by atoms with Gasteiger partial charge in [-0.15, -0.1) is 0 Å². The number of aromatic nitrogens is 1. The average Bonchev–Trinajstić information content (AvgIpc) is 3.62. The van der Waals surface area contributed by atoms with Gasteiger partial charge in [0.15, 0.2) is 0 Å². The van der Waals surface area contributed by atoms with E-state index in [9.17, 15) is 0 Å². The van der Waals surface area contributed by atoms with E-state index in [0.29, 0.717) is 0 Å². The second kappa shape index (κ2) is 10.5. The molecule has 0 saturated heterocycles. The molecule has 2 heterocycles. The van der Waals surface area contributed by atoms with Crippen LogP contribution in [0.4, 0.5) is 0 Å². The smallest absolute Gasteiger partial charge is 0.184 e.